The molecule has 4 aromatic rings. The van der Waals surface area contributed by atoms with Crippen LogP contribution in [0.3, 0.4) is 0 Å². The number of nitrogens with zero attached hydrogens (tertiary/aromatic N) is 2. The van der Waals surface area contributed by atoms with Gasteiger partial charge in [-0.05, 0) is 36.4 Å². The minimum Gasteiger partial charge on any atom is -0.508 e. The van der Waals surface area contributed by atoms with Crippen LogP contribution in [0.4, 0.5) is 0 Å². The van der Waals surface area contributed by atoms with Gasteiger partial charge >= 0.3 is 0 Å². The molecule has 25 heavy (non-hydrogen) atoms. The van der Waals surface area contributed by atoms with Crippen LogP contribution < -0.4 is 0 Å². The van der Waals surface area contributed by atoms with E-state index in [2.05, 4.69) is 22.3 Å². The molecule has 0 spiro atoms. The molecule has 0 amide bonds. The van der Waals surface area contributed by atoms with Gasteiger partial charge in [0.25, 0.3) is 0 Å². The lowest BCUT2D eigenvalue weighted by atomic mass is 10.2. The van der Waals surface area contributed by atoms with E-state index in [4.69, 9.17) is 8.83 Å². The number of benzene rings is 2. The van der Waals surface area contributed by atoms with E-state index in [1.54, 1.807) is 36.0 Å². The van der Waals surface area contributed by atoms with Gasteiger partial charge in [0.1, 0.15) is 17.1 Å². The van der Waals surface area contributed by atoms with E-state index in [1.807, 2.05) is 18.2 Å². The van der Waals surface area contributed by atoms with Gasteiger partial charge in [-0.25, -0.2) is 0 Å². The van der Waals surface area contributed by atoms with Gasteiger partial charge in [0.05, 0.1) is 5.75 Å². The Hall–Kier alpha value is -2.73. The zero-order chi connectivity index (χ0) is 17.1. The van der Waals surface area contributed by atoms with Crippen LogP contribution in [0.5, 0.6) is 5.75 Å². The minimum atomic E-state index is 0.213. The predicted octanol–water partition coefficient (Wildman–Crippen LogP) is 4.66. The molecule has 0 aliphatic carbocycles. The molecule has 0 saturated carbocycles. The first-order valence-electron chi connectivity index (χ1n) is 7.95. The first-order chi connectivity index (χ1) is 12.3. The van der Waals surface area contributed by atoms with E-state index in [9.17, 15) is 5.11 Å². The summed E-state index contributed by atoms with van der Waals surface area (Å²) in [5.74, 6) is 3.95. The van der Waals surface area contributed by atoms with Crippen LogP contribution >= 0.6 is 11.8 Å². The molecule has 4 rings (SSSR count). The van der Waals surface area contributed by atoms with Crippen molar-refractivity contribution in [3.05, 3.63) is 66.2 Å². The summed E-state index contributed by atoms with van der Waals surface area (Å²) in [6, 6.07) is 16.8. The number of rotatable bonds is 6. The topological polar surface area (TPSA) is 72.3 Å². The molecule has 0 atom stereocenters. The van der Waals surface area contributed by atoms with Crippen LogP contribution in [-0.4, -0.2) is 21.1 Å². The number of hydrogen-bond acceptors (Lipinski definition) is 6. The standard InChI is InChI=1S/C19H16N2O3S/c22-15-7-5-13(6-8-15)19-21-20-18(24-19)9-10-25-12-16-11-14-3-1-2-4-17(14)23-16/h1-8,11,22H,9-10,12H2. The van der Waals surface area contributed by atoms with E-state index in [0.29, 0.717) is 18.2 Å². The van der Waals surface area contributed by atoms with Crippen molar-refractivity contribution >= 4 is 22.7 Å². The number of phenolic OH excluding ortho intramolecular Hbond substituents is 1. The molecule has 0 saturated heterocycles. The number of aromatic hydroxyl groups is 1. The summed E-state index contributed by atoms with van der Waals surface area (Å²) in [5, 5.41) is 18.6. The van der Waals surface area contributed by atoms with Crippen molar-refractivity contribution in [2.24, 2.45) is 0 Å². The fraction of sp³-hybridized carbons (Fsp3) is 0.158. The predicted molar refractivity (Wildman–Crippen MR) is 97.5 cm³/mol. The molecule has 2 heterocycles. The number of aryl methyl sites for hydroxylation is 1. The fourth-order valence-electron chi connectivity index (χ4n) is 2.52. The van der Waals surface area contributed by atoms with Crippen molar-refractivity contribution in [3.8, 4) is 17.2 Å². The van der Waals surface area contributed by atoms with Crippen molar-refractivity contribution < 1.29 is 13.9 Å². The minimum absolute atomic E-state index is 0.213. The first-order valence-corrected chi connectivity index (χ1v) is 9.10. The third-order valence-electron chi connectivity index (χ3n) is 3.76. The van der Waals surface area contributed by atoms with Crippen LogP contribution in [0.1, 0.15) is 11.7 Å². The van der Waals surface area contributed by atoms with E-state index < -0.39 is 0 Å². The monoisotopic (exact) mass is 352 g/mol. The molecule has 0 aliphatic heterocycles. The zero-order valence-electron chi connectivity index (χ0n) is 13.4. The highest BCUT2D eigenvalue weighted by Gasteiger charge is 2.09. The number of thioether (sulfide) groups is 1. The lowest BCUT2D eigenvalue weighted by molar-refractivity contribution is 0.475. The maximum atomic E-state index is 9.32. The summed E-state index contributed by atoms with van der Waals surface area (Å²) in [4.78, 5) is 0. The molecular formula is C19H16N2O3S. The van der Waals surface area contributed by atoms with E-state index in [1.165, 1.54) is 0 Å². The quantitative estimate of drug-likeness (QED) is 0.509. The smallest absolute Gasteiger partial charge is 0.247 e. The third-order valence-corrected chi connectivity index (χ3v) is 4.74. The molecule has 0 bridgehead atoms. The average Bonchev–Trinajstić information content (AvgIpc) is 3.26. The average molecular weight is 352 g/mol. The summed E-state index contributed by atoms with van der Waals surface area (Å²) < 4.78 is 11.5. The van der Waals surface area contributed by atoms with Crippen LogP contribution in [-0.2, 0) is 12.2 Å². The van der Waals surface area contributed by atoms with Gasteiger partial charge in [0, 0.05) is 23.1 Å². The Morgan fingerprint density at radius 1 is 0.960 bits per heavy atom. The fourth-order valence-corrected chi connectivity index (χ4v) is 3.32. The zero-order valence-corrected chi connectivity index (χ0v) is 14.2. The van der Waals surface area contributed by atoms with E-state index in [0.717, 1.165) is 33.8 Å². The molecule has 0 unspecified atom stereocenters. The molecule has 2 aromatic heterocycles. The highest BCUT2D eigenvalue weighted by Crippen LogP contribution is 2.24. The lowest BCUT2D eigenvalue weighted by Crippen LogP contribution is -1.89. The van der Waals surface area contributed by atoms with Crippen molar-refractivity contribution in [3.63, 3.8) is 0 Å². The summed E-state index contributed by atoms with van der Waals surface area (Å²) in [7, 11) is 0. The van der Waals surface area contributed by atoms with Gasteiger partial charge in [-0.1, -0.05) is 18.2 Å². The van der Waals surface area contributed by atoms with Gasteiger partial charge in [-0.2, -0.15) is 11.8 Å². The Bertz CT molecular complexity index is 943. The summed E-state index contributed by atoms with van der Waals surface area (Å²) in [5.41, 5.74) is 1.72. The normalized spacial score (nSPS) is 11.2. The van der Waals surface area contributed by atoms with Gasteiger partial charge in [-0.15, -0.1) is 10.2 Å². The molecule has 0 aliphatic rings. The number of aromatic nitrogens is 2. The highest BCUT2D eigenvalue weighted by atomic mass is 32.2. The van der Waals surface area contributed by atoms with Crippen LogP contribution in [0.15, 0.2) is 63.4 Å². The number of phenols is 1. The van der Waals surface area contributed by atoms with Crippen molar-refractivity contribution in [1.29, 1.82) is 0 Å². The Kier molecular flexibility index (Phi) is 4.43. The van der Waals surface area contributed by atoms with E-state index in [-0.39, 0.29) is 5.75 Å². The molecule has 126 valence electrons. The molecule has 2 aromatic carbocycles. The maximum absolute atomic E-state index is 9.32. The Morgan fingerprint density at radius 2 is 1.80 bits per heavy atom. The third kappa shape index (κ3) is 3.69. The molecule has 0 radical (unpaired) electrons. The lowest BCUT2D eigenvalue weighted by Gasteiger charge is -1.97. The summed E-state index contributed by atoms with van der Waals surface area (Å²) >= 11 is 1.77. The van der Waals surface area contributed by atoms with Gasteiger partial charge in [0.15, 0.2) is 0 Å². The second-order valence-corrected chi connectivity index (χ2v) is 6.71. The summed E-state index contributed by atoms with van der Waals surface area (Å²) in [6.45, 7) is 0. The van der Waals surface area contributed by atoms with Gasteiger partial charge in [-0.3, -0.25) is 0 Å². The summed E-state index contributed by atoms with van der Waals surface area (Å²) in [6.07, 6.45) is 0.704. The highest BCUT2D eigenvalue weighted by molar-refractivity contribution is 7.98. The van der Waals surface area contributed by atoms with Crippen LogP contribution in [0.2, 0.25) is 0 Å². The van der Waals surface area contributed by atoms with Crippen LogP contribution in [0, 0.1) is 0 Å². The molecule has 6 heteroatoms. The number of hydrogen-bond donors (Lipinski definition) is 1. The second-order valence-electron chi connectivity index (χ2n) is 5.60. The molecule has 0 fully saturated rings. The molecule has 5 nitrogen and oxygen atoms in total. The van der Waals surface area contributed by atoms with E-state index >= 15 is 0 Å². The largest absolute Gasteiger partial charge is 0.508 e. The maximum Gasteiger partial charge on any atom is 0.247 e. The Balaban J connectivity index is 1.31. The Morgan fingerprint density at radius 3 is 2.64 bits per heavy atom. The number of furan rings is 1. The number of para-hydroxylation sites is 1. The van der Waals surface area contributed by atoms with Crippen molar-refractivity contribution in [2.45, 2.75) is 12.2 Å². The number of fused-ring (bicyclic) bond motifs is 1. The Labute approximate surface area is 148 Å². The molecular weight excluding hydrogens is 336 g/mol. The SMILES string of the molecule is Oc1ccc(-c2nnc(CCSCc3cc4ccccc4o3)o2)cc1. The van der Waals surface area contributed by atoms with Crippen LogP contribution in [0.25, 0.3) is 22.4 Å². The van der Waals surface area contributed by atoms with Gasteiger partial charge < -0.3 is 13.9 Å². The molecule has 1 N–H and O–H groups in total. The van der Waals surface area contributed by atoms with Crippen molar-refractivity contribution in [1.82, 2.24) is 10.2 Å². The first kappa shape index (κ1) is 15.8. The second kappa shape index (κ2) is 7.03. The van der Waals surface area contributed by atoms with Crippen molar-refractivity contribution in [2.75, 3.05) is 5.75 Å². The van der Waals surface area contributed by atoms with Gasteiger partial charge in [0.2, 0.25) is 11.8 Å².